The summed E-state index contributed by atoms with van der Waals surface area (Å²) in [7, 11) is 0. The average Bonchev–Trinajstić information content (AvgIpc) is 3.58. The van der Waals surface area contributed by atoms with Gasteiger partial charge in [0.15, 0.2) is 5.76 Å². The highest BCUT2D eigenvalue weighted by molar-refractivity contribution is 5.87. The molecule has 1 aromatic heterocycles. The molecule has 2 N–H and O–H groups in total. The molecule has 6 nitrogen and oxygen atoms in total. The topological polar surface area (TPSA) is 84.6 Å². The first-order valence-corrected chi connectivity index (χ1v) is 11.7. The maximum atomic E-state index is 12.4. The van der Waals surface area contributed by atoms with Crippen molar-refractivity contribution in [3.05, 3.63) is 59.8 Å². The Balaban J connectivity index is 1.50. The van der Waals surface area contributed by atoms with Crippen molar-refractivity contribution in [2.24, 2.45) is 0 Å². The van der Waals surface area contributed by atoms with E-state index < -0.39 is 5.41 Å². The minimum atomic E-state index is -0.444. The second-order valence-electron chi connectivity index (χ2n) is 8.84. The summed E-state index contributed by atoms with van der Waals surface area (Å²) in [5, 5.41) is 16.7. The van der Waals surface area contributed by atoms with Crippen LogP contribution < -0.4 is 5.32 Å². The van der Waals surface area contributed by atoms with Crippen LogP contribution in [-0.2, 0) is 14.9 Å². The number of rotatable bonds is 10. The maximum absolute atomic E-state index is 12.4. The van der Waals surface area contributed by atoms with Crippen LogP contribution in [0.3, 0.4) is 0 Å². The maximum Gasteiger partial charge on any atom is 0.316 e. The number of aromatic nitrogens is 1. The van der Waals surface area contributed by atoms with E-state index in [1.165, 1.54) is 0 Å². The Hall–Kier alpha value is -3.12. The fourth-order valence-electron chi connectivity index (χ4n) is 4.25. The minimum absolute atomic E-state index is 0.112. The van der Waals surface area contributed by atoms with Crippen molar-refractivity contribution in [2.45, 2.75) is 57.9 Å². The van der Waals surface area contributed by atoms with Crippen molar-refractivity contribution >= 4 is 11.7 Å². The van der Waals surface area contributed by atoms with Gasteiger partial charge < -0.3 is 19.7 Å². The summed E-state index contributed by atoms with van der Waals surface area (Å²) in [4.78, 5) is 12.4. The van der Waals surface area contributed by atoms with E-state index in [0.717, 1.165) is 65.1 Å². The molecule has 6 heteroatoms. The minimum Gasteiger partial charge on any atom is -0.465 e. The fourth-order valence-corrected chi connectivity index (χ4v) is 4.25. The van der Waals surface area contributed by atoms with Gasteiger partial charge in [0, 0.05) is 18.2 Å². The van der Waals surface area contributed by atoms with Crippen LogP contribution in [0.25, 0.3) is 22.5 Å². The van der Waals surface area contributed by atoms with Crippen molar-refractivity contribution in [3.8, 4) is 22.5 Å². The van der Waals surface area contributed by atoms with Gasteiger partial charge in [0.1, 0.15) is 11.4 Å². The standard InChI is InChI=1S/C27H32N2O4/c1-4-32-26(31)27(15-16-27)23-13-11-21(12-14-23)20-7-9-22(10-8-20)25-24(19(3)29-33-25)28-18(2)6-5-17-30/h7-14,18,28,30H,4-6,15-17H2,1-3H3. The molecule has 33 heavy (non-hydrogen) atoms. The van der Waals surface area contributed by atoms with Gasteiger partial charge in [0.2, 0.25) is 0 Å². The number of nitrogens with zero attached hydrogens (tertiary/aromatic N) is 1. The Kier molecular flexibility index (Phi) is 6.84. The lowest BCUT2D eigenvalue weighted by molar-refractivity contribution is -0.146. The van der Waals surface area contributed by atoms with E-state index in [0.29, 0.717) is 6.61 Å². The highest BCUT2D eigenvalue weighted by Gasteiger charge is 2.52. The SMILES string of the molecule is CCOC(=O)C1(c2ccc(-c3ccc(-c4onc(C)c4NC(C)CCCO)cc3)cc2)CC1. The number of carbonyl (C=O) groups is 1. The molecule has 1 aliphatic carbocycles. The summed E-state index contributed by atoms with van der Waals surface area (Å²) in [5.74, 6) is 0.606. The van der Waals surface area contributed by atoms with E-state index in [-0.39, 0.29) is 18.6 Å². The van der Waals surface area contributed by atoms with Gasteiger partial charge in [-0.15, -0.1) is 0 Å². The zero-order valence-corrected chi connectivity index (χ0v) is 19.6. The van der Waals surface area contributed by atoms with E-state index >= 15 is 0 Å². The quantitative estimate of drug-likeness (QED) is 0.399. The summed E-state index contributed by atoms with van der Waals surface area (Å²) in [6.45, 7) is 6.46. The molecular weight excluding hydrogens is 416 g/mol. The summed E-state index contributed by atoms with van der Waals surface area (Å²) < 4.78 is 10.9. The van der Waals surface area contributed by atoms with E-state index in [9.17, 15) is 4.79 Å². The highest BCUT2D eigenvalue weighted by atomic mass is 16.5. The van der Waals surface area contributed by atoms with E-state index in [2.05, 4.69) is 41.7 Å². The zero-order chi connectivity index (χ0) is 23.4. The monoisotopic (exact) mass is 448 g/mol. The number of aliphatic hydroxyl groups is 1. The second-order valence-corrected chi connectivity index (χ2v) is 8.84. The van der Waals surface area contributed by atoms with Crippen molar-refractivity contribution in [1.82, 2.24) is 5.16 Å². The van der Waals surface area contributed by atoms with E-state index in [4.69, 9.17) is 14.4 Å². The number of benzene rings is 2. The molecule has 3 aromatic rings. The molecule has 1 saturated carbocycles. The molecule has 0 spiro atoms. The molecule has 0 aliphatic heterocycles. The van der Waals surface area contributed by atoms with Gasteiger partial charge in [-0.3, -0.25) is 4.79 Å². The van der Waals surface area contributed by atoms with Crippen LogP contribution in [0.2, 0.25) is 0 Å². The van der Waals surface area contributed by atoms with Gasteiger partial charge in [-0.25, -0.2) is 0 Å². The van der Waals surface area contributed by atoms with Crippen LogP contribution in [0.1, 0.15) is 50.8 Å². The predicted octanol–water partition coefficient (Wildman–Crippen LogP) is 5.48. The van der Waals surface area contributed by atoms with Gasteiger partial charge in [-0.05, 0) is 63.1 Å². The third-order valence-electron chi connectivity index (χ3n) is 6.38. The Labute approximate surface area is 195 Å². The second kappa shape index (κ2) is 9.79. The Morgan fingerprint density at radius 3 is 2.30 bits per heavy atom. The van der Waals surface area contributed by atoms with Crippen LogP contribution in [0.5, 0.6) is 0 Å². The molecule has 1 atom stereocenters. The number of anilines is 1. The number of ether oxygens (including phenoxy) is 1. The van der Waals surface area contributed by atoms with Gasteiger partial charge in [-0.2, -0.15) is 0 Å². The number of hydrogen-bond donors (Lipinski definition) is 2. The van der Waals surface area contributed by atoms with Crippen LogP contribution in [-0.4, -0.2) is 35.5 Å². The smallest absolute Gasteiger partial charge is 0.316 e. The number of nitrogens with one attached hydrogen (secondary N) is 1. The first-order valence-electron chi connectivity index (χ1n) is 11.7. The number of esters is 1. The molecule has 0 saturated heterocycles. The molecule has 4 rings (SSSR count). The summed E-state index contributed by atoms with van der Waals surface area (Å²) >= 11 is 0. The summed E-state index contributed by atoms with van der Waals surface area (Å²) in [6, 6.07) is 16.6. The lowest BCUT2D eigenvalue weighted by Crippen LogP contribution is -2.23. The largest absolute Gasteiger partial charge is 0.465 e. The summed E-state index contributed by atoms with van der Waals surface area (Å²) in [6.07, 6.45) is 3.33. The number of carbonyl (C=O) groups excluding carboxylic acids is 1. The molecular formula is C27H32N2O4. The average molecular weight is 449 g/mol. The molecule has 174 valence electrons. The normalized spacial score (nSPS) is 15.2. The highest BCUT2D eigenvalue weighted by Crippen LogP contribution is 2.49. The van der Waals surface area contributed by atoms with Crippen LogP contribution >= 0.6 is 0 Å². The van der Waals surface area contributed by atoms with Crippen LogP contribution in [0.4, 0.5) is 5.69 Å². The van der Waals surface area contributed by atoms with E-state index in [1.807, 2.05) is 38.1 Å². The molecule has 1 heterocycles. The first-order chi connectivity index (χ1) is 16.0. The number of hydrogen-bond acceptors (Lipinski definition) is 6. The van der Waals surface area contributed by atoms with Gasteiger partial charge in [0.05, 0.1) is 12.0 Å². The number of aryl methyl sites for hydroxylation is 1. The fraction of sp³-hybridized carbons (Fsp3) is 0.407. The van der Waals surface area contributed by atoms with E-state index in [1.54, 1.807) is 0 Å². The van der Waals surface area contributed by atoms with Crippen molar-refractivity contribution in [1.29, 1.82) is 0 Å². The van der Waals surface area contributed by atoms with Crippen molar-refractivity contribution in [3.63, 3.8) is 0 Å². The van der Waals surface area contributed by atoms with Crippen LogP contribution in [0, 0.1) is 6.92 Å². The zero-order valence-electron chi connectivity index (χ0n) is 19.6. The van der Waals surface area contributed by atoms with Crippen LogP contribution in [0.15, 0.2) is 53.1 Å². The van der Waals surface area contributed by atoms with Crippen molar-refractivity contribution < 1.29 is 19.2 Å². The van der Waals surface area contributed by atoms with Gasteiger partial charge in [-0.1, -0.05) is 53.7 Å². The molecule has 2 aromatic carbocycles. The molecule has 1 unspecified atom stereocenters. The molecule has 0 amide bonds. The first kappa shape index (κ1) is 23.1. The predicted molar refractivity (Wildman–Crippen MR) is 129 cm³/mol. The third kappa shape index (κ3) is 4.81. The molecule has 0 radical (unpaired) electrons. The molecule has 0 bridgehead atoms. The lowest BCUT2D eigenvalue weighted by Gasteiger charge is -2.15. The Morgan fingerprint density at radius 1 is 1.12 bits per heavy atom. The molecule has 1 aliphatic rings. The third-order valence-corrected chi connectivity index (χ3v) is 6.38. The Morgan fingerprint density at radius 2 is 1.73 bits per heavy atom. The molecule has 1 fully saturated rings. The Bertz CT molecular complexity index is 1080. The van der Waals surface area contributed by atoms with Crippen molar-refractivity contribution in [2.75, 3.05) is 18.5 Å². The number of aliphatic hydroxyl groups excluding tert-OH is 1. The summed E-state index contributed by atoms with van der Waals surface area (Å²) in [5.41, 5.74) is 5.43. The van der Waals surface area contributed by atoms with Gasteiger partial charge >= 0.3 is 5.97 Å². The van der Waals surface area contributed by atoms with Gasteiger partial charge in [0.25, 0.3) is 0 Å². The lowest BCUT2D eigenvalue weighted by atomic mass is 9.93.